The quantitative estimate of drug-likeness (QED) is 0.726. The summed E-state index contributed by atoms with van der Waals surface area (Å²) in [6.07, 6.45) is 4.17. The van der Waals surface area contributed by atoms with E-state index in [1.807, 2.05) is 0 Å². The molecule has 1 aliphatic heterocycles. The highest BCUT2D eigenvalue weighted by Gasteiger charge is 2.38. The van der Waals surface area contributed by atoms with Crippen molar-refractivity contribution in [3.05, 3.63) is 29.8 Å². The van der Waals surface area contributed by atoms with E-state index < -0.39 is 22.0 Å². The van der Waals surface area contributed by atoms with Crippen LogP contribution in [-0.2, 0) is 26.0 Å². The summed E-state index contributed by atoms with van der Waals surface area (Å²) in [5.41, 5.74) is 0.863. The normalized spacial score (nSPS) is 19.0. The van der Waals surface area contributed by atoms with Gasteiger partial charge in [0.2, 0.25) is 15.9 Å². The number of nitrogens with zero attached hydrogens (tertiary/aromatic N) is 2. The fraction of sp³-hybridized carbons (Fsp3) is 0.579. The van der Waals surface area contributed by atoms with Crippen molar-refractivity contribution < 1.29 is 23.1 Å². The molecule has 0 aromatic heterocycles. The average Bonchev–Trinajstić information content (AvgIpc) is 3.30. The summed E-state index contributed by atoms with van der Waals surface area (Å²) in [5, 5.41) is 9.21. The van der Waals surface area contributed by atoms with Gasteiger partial charge < -0.3 is 10.0 Å². The van der Waals surface area contributed by atoms with Gasteiger partial charge in [-0.15, -0.1) is 0 Å². The third-order valence-electron chi connectivity index (χ3n) is 5.26. The van der Waals surface area contributed by atoms with Gasteiger partial charge in [0.05, 0.1) is 4.90 Å². The number of aryl methyl sites for hydroxylation is 1. The Kier molecular flexibility index (Phi) is 5.86. The van der Waals surface area contributed by atoms with E-state index >= 15 is 0 Å². The first kappa shape index (κ1) is 19.8. The predicted octanol–water partition coefficient (Wildman–Crippen LogP) is 1.87. The Hall–Kier alpha value is -1.93. The molecule has 1 aliphatic carbocycles. The lowest BCUT2D eigenvalue weighted by Crippen LogP contribution is -2.44. The van der Waals surface area contributed by atoms with Crippen molar-refractivity contribution in [3.63, 3.8) is 0 Å². The molecule has 148 valence electrons. The van der Waals surface area contributed by atoms with Gasteiger partial charge in [-0.1, -0.05) is 12.1 Å². The lowest BCUT2D eigenvalue weighted by atomic mass is 10.1. The van der Waals surface area contributed by atoms with Gasteiger partial charge in [-0.05, 0) is 56.7 Å². The zero-order valence-electron chi connectivity index (χ0n) is 15.5. The van der Waals surface area contributed by atoms with E-state index in [9.17, 15) is 23.1 Å². The van der Waals surface area contributed by atoms with E-state index in [0.717, 1.165) is 31.2 Å². The van der Waals surface area contributed by atoms with Crippen LogP contribution in [0.2, 0.25) is 0 Å². The lowest BCUT2D eigenvalue weighted by Gasteiger charge is -2.26. The Morgan fingerprint density at radius 2 is 1.78 bits per heavy atom. The lowest BCUT2D eigenvalue weighted by molar-refractivity contribution is -0.150. The second-order valence-electron chi connectivity index (χ2n) is 7.30. The molecular formula is C19H26N2O5S. The molecule has 1 N–H and O–H groups in total. The van der Waals surface area contributed by atoms with Crippen LogP contribution < -0.4 is 0 Å². The fourth-order valence-corrected chi connectivity index (χ4v) is 5.01. The fourth-order valence-electron chi connectivity index (χ4n) is 3.49. The minimum absolute atomic E-state index is 0.0385. The summed E-state index contributed by atoms with van der Waals surface area (Å²) >= 11 is 0. The van der Waals surface area contributed by atoms with Crippen LogP contribution in [0.4, 0.5) is 0 Å². The van der Waals surface area contributed by atoms with Crippen LogP contribution in [0.3, 0.4) is 0 Å². The Morgan fingerprint density at radius 3 is 2.30 bits per heavy atom. The first-order valence-electron chi connectivity index (χ1n) is 9.44. The van der Waals surface area contributed by atoms with Crippen molar-refractivity contribution >= 4 is 21.9 Å². The smallest absolute Gasteiger partial charge is 0.326 e. The van der Waals surface area contributed by atoms with Crippen LogP contribution in [0.1, 0.15) is 44.6 Å². The molecule has 7 nitrogen and oxygen atoms in total. The van der Waals surface area contributed by atoms with Gasteiger partial charge in [0.15, 0.2) is 0 Å². The summed E-state index contributed by atoms with van der Waals surface area (Å²) in [7, 11) is -3.43. The molecule has 1 saturated carbocycles. The SMILES string of the molecule is CC(C(=O)O)N(C(=O)CCc1ccc(S(=O)(=O)N2CCCC2)cc1)C1CC1. The number of hydrogen-bond acceptors (Lipinski definition) is 4. The van der Waals surface area contributed by atoms with Crippen LogP contribution in [0.25, 0.3) is 0 Å². The molecular weight excluding hydrogens is 368 g/mol. The van der Waals surface area contributed by atoms with Gasteiger partial charge in [-0.2, -0.15) is 4.31 Å². The molecule has 27 heavy (non-hydrogen) atoms. The first-order chi connectivity index (χ1) is 12.8. The summed E-state index contributed by atoms with van der Waals surface area (Å²) in [6, 6.07) is 5.86. The van der Waals surface area contributed by atoms with Crippen molar-refractivity contribution in [2.24, 2.45) is 0 Å². The maximum Gasteiger partial charge on any atom is 0.326 e. The summed E-state index contributed by atoms with van der Waals surface area (Å²) in [4.78, 5) is 25.5. The predicted molar refractivity (Wildman–Crippen MR) is 99.7 cm³/mol. The van der Waals surface area contributed by atoms with E-state index in [1.54, 1.807) is 24.3 Å². The van der Waals surface area contributed by atoms with Gasteiger partial charge >= 0.3 is 5.97 Å². The zero-order chi connectivity index (χ0) is 19.6. The molecule has 0 radical (unpaired) electrons. The maximum atomic E-state index is 12.5. The molecule has 0 spiro atoms. The average molecular weight is 394 g/mol. The standard InChI is InChI=1S/C19H26N2O5S/c1-14(19(23)24)21(16-7-8-16)18(22)11-6-15-4-9-17(10-5-15)27(25,26)20-12-2-3-13-20/h4-5,9-10,14,16H,2-3,6-8,11-13H2,1H3,(H,23,24). The molecule has 3 rings (SSSR count). The van der Waals surface area contributed by atoms with Crippen LogP contribution in [0.5, 0.6) is 0 Å². The van der Waals surface area contributed by atoms with Crippen molar-refractivity contribution in [2.75, 3.05) is 13.1 Å². The van der Waals surface area contributed by atoms with Gasteiger partial charge in [0.25, 0.3) is 0 Å². The molecule has 1 aromatic carbocycles. The van der Waals surface area contributed by atoms with E-state index in [1.165, 1.54) is 16.1 Å². The zero-order valence-corrected chi connectivity index (χ0v) is 16.3. The Balaban J connectivity index is 1.61. The summed E-state index contributed by atoms with van der Waals surface area (Å²) in [6.45, 7) is 2.67. The molecule has 1 saturated heterocycles. The number of carboxylic acids is 1. The highest BCUT2D eigenvalue weighted by molar-refractivity contribution is 7.89. The highest BCUT2D eigenvalue weighted by atomic mass is 32.2. The number of aliphatic carboxylic acids is 1. The molecule has 1 amide bonds. The number of carbonyl (C=O) groups excluding carboxylic acids is 1. The van der Waals surface area contributed by atoms with Crippen molar-refractivity contribution in [3.8, 4) is 0 Å². The second-order valence-corrected chi connectivity index (χ2v) is 9.24. The Labute approximate surface area is 160 Å². The first-order valence-corrected chi connectivity index (χ1v) is 10.9. The highest BCUT2D eigenvalue weighted by Crippen LogP contribution is 2.29. The minimum atomic E-state index is -3.43. The molecule has 1 unspecified atom stereocenters. The molecule has 1 aromatic rings. The summed E-state index contributed by atoms with van der Waals surface area (Å²) in [5.74, 6) is -1.16. The number of benzene rings is 1. The minimum Gasteiger partial charge on any atom is -0.480 e. The Bertz CT molecular complexity index is 796. The monoisotopic (exact) mass is 394 g/mol. The number of rotatable bonds is 8. The summed E-state index contributed by atoms with van der Waals surface area (Å²) < 4.78 is 26.6. The van der Waals surface area contributed by atoms with Gasteiger partial charge in [-0.25, -0.2) is 13.2 Å². The van der Waals surface area contributed by atoms with Gasteiger partial charge in [0.1, 0.15) is 6.04 Å². The van der Waals surface area contributed by atoms with E-state index in [0.29, 0.717) is 19.5 Å². The van der Waals surface area contributed by atoms with Crippen LogP contribution in [0, 0.1) is 0 Å². The van der Waals surface area contributed by atoms with Crippen LogP contribution in [-0.4, -0.2) is 59.8 Å². The molecule has 8 heteroatoms. The largest absolute Gasteiger partial charge is 0.480 e. The van der Waals surface area contributed by atoms with Gasteiger partial charge in [-0.3, -0.25) is 4.79 Å². The topological polar surface area (TPSA) is 95.0 Å². The Morgan fingerprint density at radius 1 is 1.19 bits per heavy atom. The number of carboxylic acid groups (broad SMARTS) is 1. The third kappa shape index (κ3) is 4.50. The number of hydrogen-bond donors (Lipinski definition) is 1. The molecule has 2 fully saturated rings. The van der Waals surface area contributed by atoms with Crippen molar-refractivity contribution in [1.82, 2.24) is 9.21 Å². The van der Waals surface area contributed by atoms with Crippen LogP contribution in [0.15, 0.2) is 29.2 Å². The van der Waals surface area contributed by atoms with E-state index in [-0.39, 0.29) is 23.3 Å². The van der Waals surface area contributed by atoms with Crippen molar-refractivity contribution in [2.45, 2.75) is 62.4 Å². The van der Waals surface area contributed by atoms with E-state index in [4.69, 9.17) is 0 Å². The van der Waals surface area contributed by atoms with E-state index in [2.05, 4.69) is 0 Å². The van der Waals surface area contributed by atoms with Gasteiger partial charge in [0, 0.05) is 25.6 Å². The molecule has 2 aliphatic rings. The molecule has 1 heterocycles. The number of carbonyl (C=O) groups is 2. The molecule has 1 atom stereocenters. The maximum absolute atomic E-state index is 12.5. The number of amides is 1. The third-order valence-corrected chi connectivity index (χ3v) is 7.17. The molecule has 0 bridgehead atoms. The number of sulfonamides is 1. The van der Waals surface area contributed by atoms with Crippen LogP contribution >= 0.6 is 0 Å². The van der Waals surface area contributed by atoms with Crippen molar-refractivity contribution in [1.29, 1.82) is 0 Å². The second kappa shape index (κ2) is 7.98.